The number of hydrogen-bond donors (Lipinski definition) is 1. The highest BCUT2D eigenvalue weighted by Crippen LogP contribution is 2.24. The highest BCUT2D eigenvalue weighted by molar-refractivity contribution is 7.91. The van der Waals surface area contributed by atoms with Gasteiger partial charge >= 0.3 is 5.97 Å². The number of halogens is 1. The lowest BCUT2D eigenvalue weighted by Gasteiger charge is -2.09. The van der Waals surface area contributed by atoms with Crippen LogP contribution in [0.3, 0.4) is 0 Å². The molecule has 0 fully saturated rings. The van der Waals surface area contributed by atoms with Gasteiger partial charge in [0.05, 0.1) is 16.6 Å². The minimum Gasteiger partial charge on any atom is -0.481 e. The number of rotatable bonds is 4. The van der Waals surface area contributed by atoms with Crippen molar-refractivity contribution in [2.45, 2.75) is 11.8 Å². The summed E-state index contributed by atoms with van der Waals surface area (Å²) in [5.74, 6) is -2.48. The van der Waals surface area contributed by atoms with Crippen LogP contribution in [0.25, 0.3) is 10.8 Å². The van der Waals surface area contributed by atoms with Crippen molar-refractivity contribution in [2.24, 2.45) is 5.92 Å². The first-order valence-electron chi connectivity index (χ1n) is 5.94. The van der Waals surface area contributed by atoms with E-state index in [9.17, 15) is 13.2 Å². The highest BCUT2D eigenvalue weighted by Gasteiger charge is 2.23. The van der Waals surface area contributed by atoms with Crippen LogP contribution in [0.4, 0.5) is 0 Å². The molecule has 20 heavy (non-hydrogen) atoms. The Morgan fingerprint density at radius 1 is 1.20 bits per heavy atom. The Morgan fingerprint density at radius 2 is 1.80 bits per heavy atom. The summed E-state index contributed by atoms with van der Waals surface area (Å²) in [6, 6.07) is 9.84. The quantitative estimate of drug-likeness (QED) is 0.942. The molecule has 0 heterocycles. The van der Waals surface area contributed by atoms with Crippen LogP contribution in [0.2, 0.25) is 5.02 Å². The van der Waals surface area contributed by atoms with Crippen molar-refractivity contribution < 1.29 is 18.3 Å². The molecule has 0 amide bonds. The van der Waals surface area contributed by atoms with Gasteiger partial charge in [0.15, 0.2) is 9.84 Å². The first-order valence-corrected chi connectivity index (χ1v) is 7.97. The maximum absolute atomic E-state index is 12.2. The van der Waals surface area contributed by atoms with Gasteiger partial charge in [0.25, 0.3) is 0 Å². The molecule has 0 spiro atoms. The summed E-state index contributed by atoms with van der Waals surface area (Å²) < 4.78 is 24.3. The van der Waals surface area contributed by atoms with Gasteiger partial charge in [-0.15, -0.1) is 0 Å². The topological polar surface area (TPSA) is 71.4 Å². The summed E-state index contributed by atoms with van der Waals surface area (Å²) in [7, 11) is -3.62. The van der Waals surface area contributed by atoms with Gasteiger partial charge in [-0.3, -0.25) is 4.79 Å². The van der Waals surface area contributed by atoms with Gasteiger partial charge in [-0.05, 0) is 35.0 Å². The van der Waals surface area contributed by atoms with Crippen LogP contribution in [-0.2, 0) is 14.6 Å². The fraction of sp³-hybridized carbons (Fsp3) is 0.214. The average Bonchev–Trinajstić information content (AvgIpc) is 2.37. The Morgan fingerprint density at radius 3 is 2.45 bits per heavy atom. The Hall–Kier alpha value is -1.59. The molecule has 0 radical (unpaired) electrons. The third-order valence-corrected chi connectivity index (χ3v) is 5.17. The van der Waals surface area contributed by atoms with E-state index in [4.69, 9.17) is 16.7 Å². The molecular weight excluding hydrogens is 300 g/mol. The van der Waals surface area contributed by atoms with E-state index in [1.807, 2.05) is 0 Å². The molecule has 1 atom stereocenters. The lowest BCUT2D eigenvalue weighted by atomic mass is 10.1. The smallest absolute Gasteiger partial charge is 0.307 e. The molecule has 0 saturated heterocycles. The number of sulfone groups is 1. The molecule has 0 aliphatic rings. The molecule has 6 heteroatoms. The van der Waals surface area contributed by atoms with Gasteiger partial charge in [-0.25, -0.2) is 8.42 Å². The molecule has 4 nitrogen and oxygen atoms in total. The summed E-state index contributed by atoms with van der Waals surface area (Å²) in [6.45, 7) is 1.38. The van der Waals surface area contributed by atoms with E-state index in [1.165, 1.54) is 19.1 Å². The van der Waals surface area contributed by atoms with Crippen molar-refractivity contribution >= 4 is 38.2 Å². The molecule has 1 N–H and O–H groups in total. The summed E-state index contributed by atoms with van der Waals surface area (Å²) >= 11 is 5.87. The molecule has 2 rings (SSSR count). The standard InChI is InChI=1S/C14H13ClO4S/c1-9(14(16)17)8-20(18,19)13-5-3-10-6-12(15)4-2-11(10)7-13/h2-7,9H,8H2,1H3,(H,16,17). The van der Waals surface area contributed by atoms with Crippen molar-refractivity contribution in [1.29, 1.82) is 0 Å². The number of fused-ring (bicyclic) bond motifs is 1. The van der Waals surface area contributed by atoms with Gasteiger partial charge in [0.2, 0.25) is 0 Å². The van der Waals surface area contributed by atoms with E-state index in [1.54, 1.807) is 24.3 Å². The third kappa shape index (κ3) is 3.11. The molecule has 1 unspecified atom stereocenters. The van der Waals surface area contributed by atoms with Crippen molar-refractivity contribution in [1.82, 2.24) is 0 Å². The minimum absolute atomic E-state index is 0.125. The van der Waals surface area contributed by atoms with Crippen LogP contribution in [-0.4, -0.2) is 25.2 Å². The van der Waals surface area contributed by atoms with Crippen LogP contribution in [0.1, 0.15) is 6.92 Å². The fourth-order valence-corrected chi connectivity index (χ4v) is 3.64. The second-order valence-corrected chi connectivity index (χ2v) is 7.14. The second kappa shape index (κ2) is 5.42. The van der Waals surface area contributed by atoms with Gasteiger partial charge in [0.1, 0.15) is 0 Å². The zero-order valence-corrected chi connectivity index (χ0v) is 12.3. The van der Waals surface area contributed by atoms with Crippen LogP contribution >= 0.6 is 11.6 Å². The molecule has 106 valence electrons. The van der Waals surface area contributed by atoms with Gasteiger partial charge in [0, 0.05) is 5.02 Å². The number of benzene rings is 2. The first kappa shape index (κ1) is 14.8. The van der Waals surface area contributed by atoms with Gasteiger partial charge in [-0.1, -0.05) is 30.7 Å². The third-order valence-electron chi connectivity index (χ3n) is 3.02. The summed E-state index contributed by atoms with van der Waals surface area (Å²) in [6.07, 6.45) is 0. The lowest BCUT2D eigenvalue weighted by Crippen LogP contribution is -2.21. The Kier molecular flexibility index (Phi) is 4.01. The van der Waals surface area contributed by atoms with Gasteiger partial charge < -0.3 is 5.11 Å². The maximum Gasteiger partial charge on any atom is 0.307 e. The van der Waals surface area contributed by atoms with Crippen molar-refractivity contribution in [2.75, 3.05) is 5.75 Å². The lowest BCUT2D eigenvalue weighted by molar-refractivity contribution is -0.140. The van der Waals surface area contributed by atoms with Crippen molar-refractivity contribution in [3.63, 3.8) is 0 Å². The predicted molar refractivity (Wildman–Crippen MR) is 77.8 cm³/mol. The van der Waals surface area contributed by atoms with E-state index in [-0.39, 0.29) is 4.90 Å². The normalized spacial score (nSPS) is 13.3. The van der Waals surface area contributed by atoms with E-state index in [0.717, 1.165) is 10.8 Å². The Bertz CT molecular complexity index is 768. The SMILES string of the molecule is CC(CS(=O)(=O)c1ccc2cc(Cl)ccc2c1)C(=O)O. The zero-order valence-electron chi connectivity index (χ0n) is 10.7. The Labute approximate surface area is 121 Å². The molecule has 0 saturated carbocycles. The van der Waals surface area contributed by atoms with E-state index in [0.29, 0.717) is 5.02 Å². The predicted octanol–water partition coefficient (Wildman–Crippen LogP) is 2.99. The van der Waals surface area contributed by atoms with Crippen LogP contribution in [0.5, 0.6) is 0 Å². The van der Waals surface area contributed by atoms with Crippen LogP contribution in [0, 0.1) is 5.92 Å². The number of hydrogen-bond acceptors (Lipinski definition) is 3. The number of carboxylic acids is 1. The summed E-state index contributed by atoms with van der Waals surface area (Å²) in [5, 5.41) is 11.0. The number of carboxylic acid groups (broad SMARTS) is 1. The van der Waals surface area contributed by atoms with E-state index < -0.39 is 27.5 Å². The summed E-state index contributed by atoms with van der Waals surface area (Å²) in [4.78, 5) is 10.9. The largest absolute Gasteiger partial charge is 0.481 e. The molecule has 0 aliphatic carbocycles. The average molecular weight is 313 g/mol. The van der Waals surface area contributed by atoms with E-state index >= 15 is 0 Å². The molecule has 0 bridgehead atoms. The Balaban J connectivity index is 2.42. The van der Waals surface area contributed by atoms with Gasteiger partial charge in [-0.2, -0.15) is 0 Å². The molecular formula is C14H13ClO4S. The molecule has 0 aromatic heterocycles. The second-order valence-electron chi connectivity index (χ2n) is 4.67. The van der Waals surface area contributed by atoms with Crippen LogP contribution < -0.4 is 0 Å². The van der Waals surface area contributed by atoms with Crippen molar-refractivity contribution in [3.8, 4) is 0 Å². The maximum atomic E-state index is 12.2. The van der Waals surface area contributed by atoms with Crippen LogP contribution in [0.15, 0.2) is 41.3 Å². The molecule has 2 aromatic rings. The fourth-order valence-electron chi connectivity index (χ4n) is 1.88. The number of carbonyl (C=O) groups is 1. The summed E-state index contributed by atoms with van der Waals surface area (Å²) in [5.41, 5.74) is 0. The van der Waals surface area contributed by atoms with E-state index in [2.05, 4.69) is 0 Å². The molecule has 2 aromatic carbocycles. The number of aliphatic carboxylic acids is 1. The van der Waals surface area contributed by atoms with Crippen molar-refractivity contribution in [3.05, 3.63) is 41.4 Å². The zero-order chi connectivity index (χ0) is 14.9. The first-order chi connectivity index (χ1) is 9.29. The minimum atomic E-state index is -3.62. The monoisotopic (exact) mass is 312 g/mol. The molecule has 0 aliphatic heterocycles. The highest BCUT2D eigenvalue weighted by atomic mass is 35.5.